The van der Waals surface area contributed by atoms with E-state index < -0.39 is 5.79 Å². The van der Waals surface area contributed by atoms with E-state index in [1.165, 1.54) is 0 Å². The number of rotatable bonds is 6. The van der Waals surface area contributed by atoms with Crippen LogP contribution in [0.15, 0.2) is 18.2 Å². The van der Waals surface area contributed by atoms with Crippen LogP contribution in [0.1, 0.15) is 25.7 Å². The number of likely N-dealkylation sites (tertiary alicyclic amines) is 1. The highest BCUT2D eigenvalue weighted by Crippen LogP contribution is 2.43. The lowest BCUT2D eigenvalue weighted by molar-refractivity contribution is -0.184. The predicted molar refractivity (Wildman–Crippen MR) is 105 cm³/mol. The fraction of sp³-hybridized carbons (Fsp3) is 0.667. The summed E-state index contributed by atoms with van der Waals surface area (Å²) in [6.07, 6.45) is 3.63. The standard InChI is InChI=1S/C21H30N2O5/c1-23-9-7-15(13-23)14-26-19-12-16(5-6-18(19)25-2)22-20(24)17-4-3-8-21(17)27-10-11-28-21/h5-6,12,15,17H,3-4,7-11,13-14H2,1-2H3,(H,22,24). The molecule has 0 aromatic heterocycles. The number of hydrogen-bond donors (Lipinski definition) is 1. The van der Waals surface area contributed by atoms with Crippen molar-refractivity contribution in [1.29, 1.82) is 0 Å². The van der Waals surface area contributed by atoms with Crippen molar-refractivity contribution in [3.8, 4) is 11.5 Å². The third-order valence-corrected chi connectivity index (χ3v) is 6.04. The van der Waals surface area contributed by atoms with Gasteiger partial charge in [-0.15, -0.1) is 0 Å². The lowest BCUT2D eigenvalue weighted by atomic mass is 10.0. The van der Waals surface area contributed by atoms with E-state index in [0.717, 1.165) is 38.8 Å². The molecule has 1 amide bonds. The van der Waals surface area contributed by atoms with Crippen molar-refractivity contribution < 1.29 is 23.7 Å². The van der Waals surface area contributed by atoms with E-state index in [9.17, 15) is 4.79 Å². The first-order valence-corrected chi connectivity index (χ1v) is 10.2. The predicted octanol–water partition coefficient (Wildman–Crippen LogP) is 2.51. The summed E-state index contributed by atoms with van der Waals surface area (Å²) in [5.41, 5.74) is 0.699. The summed E-state index contributed by atoms with van der Waals surface area (Å²) in [7, 11) is 3.76. The van der Waals surface area contributed by atoms with E-state index in [1.54, 1.807) is 7.11 Å². The quantitative estimate of drug-likeness (QED) is 0.805. The zero-order valence-corrected chi connectivity index (χ0v) is 16.7. The van der Waals surface area contributed by atoms with Gasteiger partial charge >= 0.3 is 0 Å². The minimum Gasteiger partial charge on any atom is -0.493 e. The van der Waals surface area contributed by atoms with Crippen LogP contribution >= 0.6 is 0 Å². The number of ether oxygens (including phenoxy) is 4. The normalized spacial score (nSPS) is 26.6. The van der Waals surface area contributed by atoms with Crippen LogP contribution in [0.4, 0.5) is 5.69 Å². The topological polar surface area (TPSA) is 69.3 Å². The van der Waals surface area contributed by atoms with Crippen LogP contribution in [0, 0.1) is 11.8 Å². The monoisotopic (exact) mass is 390 g/mol. The van der Waals surface area contributed by atoms with Crippen LogP contribution in [-0.4, -0.2) is 63.7 Å². The number of hydrogen-bond acceptors (Lipinski definition) is 6. The Hall–Kier alpha value is -1.83. The Morgan fingerprint density at radius 3 is 2.82 bits per heavy atom. The number of nitrogens with zero attached hydrogens (tertiary/aromatic N) is 1. The Bertz CT molecular complexity index is 699. The van der Waals surface area contributed by atoms with E-state index in [1.807, 2.05) is 18.2 Å². The molecule has 3 aliphatic rings. The molecule has 0 radical (unpaired) electrons. The second kappa shape index (κ2) is 8.27. The highest BCUT2D eigenvalue weighted by Gasteiger charge is 2.51. The van der Waals surface area contributed by atoms with Crippen LogP contribution in [0.5, 0.6) is 11.5 Å². The summed E-state index contributed by atoms with van der Waals surface area (Å²) < 4.78 is 23.1. The largest absolute Gasteiger partial charge is 0.493 e. The zero-order valence-electron chi connectivity index (χ0n) is 16.7. The summed E-state index contributed by atoms with van der Waals surface area (Å²) >= 11 is 0. The van der Waals surface area contributed by atoms with Gasteiger partial charge in [-0.1, -0.05) is 0 Å². The van der Waals surface area contributed by atoms with Crippen molar-refractivity contribution in [3.05, 3.63) is 18.2 Å². The molecule has 1 N–H and O–H groups in total. The van der Waals surface area contributed by atoms with Gasteiger partial charge in [0.15, 0.2) is 17.3 Å². The number of amides is 1. The van der Waals surface area contributed by atoms with Crippen molar-refractivity contribution in [2.75, 3.05) is 52.4 Å². The molecule has 1 spiro atoms. The van der Waals surface area contributed by atoms with Gasteiger partial charge in [0, 0.05) is 30.6 Å². The first-order chi connectivity index (χ1) is 13.6. The fourth-order valence-electron chi connectivity index (χ4n) is 4.56. The Morgan fingerprint density at radius 2 is 2.11 bits per heavy atom. The van der Waals surface area contributed by atoms with Gasteiger partial charge in [-0.3, -0.25) is 4.79 Å². The second-order valence-corrected chi connectivity index (χ2v) is 8.04. The molecular formula is C21H30N2O5. The van der Waals surface area contributed by atoms with Gasteiger partial charge in [-0.2, -0.15) is 0 Å². The maximum Gasteiger partial charge on any atom is 0.232 e. The zero-order chi connectivity index (χ0) is 19.6. The SMILES string of the molecule is COc1ccc(NC(=O)C2CCCC23OCCO3)cc1OCC1CCN(C)C1. The molecule has 2 saturated heterocycles. The van der Waals surface area contributed by atoms with Crippen molar-refractivity contribution in [1.82, 2.24) is 4.90 Å². The Morgan fingerprint density at radius 1 is 1.29 bits per heavy atom. The number of nitrogens with one attached hydrogen (secondary N) is 1. The van der Waals surface area contributed by atoms with Crippen LogP contribution in [0.2, 0.25) is 0 Å². The third-order valence-electron chi connectivity index (χ3n) is 6.04. The summed E-state index contributed by atoms with van der Waals surface area (Å²) in [5, 5.41) is 3.02. The molecule has 7 heteroatoms. The highest BCUT2D eigenvalue weighted by molar-refractivity contribution is 5.93. The van der Waals surface area contributed by atoms with Gasteiger partial charge in [0.2, 0.25) is 5.91 Å². The van der Waals surface area contributed by atoms with Gasteiger partial charge in [0.1, 0.15) is 0 Å². The van der Waals surface area contributed by atoms with E-state index in [4.69, 9.17) is 18.9 Å². The fourth-order valence-corrected chi connectivity index (χ4v) is 4.56. The highest BCUT2D eigenvalue weighted by atomic mass is 16.7. The van der Waals surface area contributed by atoms with E-state index in [2.05, 4.69) is 17.3 Å². The molecule has 1 saturated carbocycles. The van der Waals surface area contributed by atoms with E-state index in [0.29, 0.717) is 42.9 Å². The smallest absolute Gasteiger partial charge is 0.232 e. The van der Waals surface area contributed by atoms with Crippen LogP contribution in [0.25, 0.3) is 0 Å². The van der Waals surface area contributed by atoms with Crippen LogP contribution < -0.4 is 14.8 Å². The molecule has 2 heterocycles. The maximum atomic E-state index is 12.9. The van der Waals surface area contributed by atoms with Crippen LogP contribution in [0.3, 0.4) is 0 Å². The number of carbonyl (C=O) groups is 1. The minimum absolute atomic E-state index is 0.0621. The van der Waals surface area contributed by atoms with Gasteiger partial charge in [0.25, 0.3) is 0 Å². The molecule has 3 fully saturated rings. The summed E-state index contributed by atoms with van der Waals surface area (Å²) in [6.45, 7) is 3.91. The molecular weight excluding hydrogens is 360 g/mol. The molecule has 2 atom stereocenters. The van der Waals surface area contributed by atoms with Gasteiger partial charge in [-0.05, 0) is 45.0 Å². The van der Waals surface area contributed by atoms with Gasteiger partial charge in [0.05, 0.1) is 32.8 Å². The molecule has 4 rings (SSSR count). The minimum atomic E-state index is -0.732. The van der Waals surface area contributed by atoms with Crippen molar-refractivity contribution in [2.45, 2.75) is 31.5 Å². The van der Waals surface area contributed by atoms with Crippen molar-refractivity contribution >= 4 is 11.6 Å². The Kier molecular flexibility index (Phi) is 5.75. The molecule has 7 nitrogen and oxygen atoms in total. The maximum absolute atomic E-state index is 12.9. The molecule has 1 aliphatic carbocycles. The summed E-state index contributed by atoms with van der Waals surface area (Å²) in [5.74, 6) is 0.768. The molecule has 28 heavy (non-hydrogen) atoms. The molecule has 1 aromatic rings. The molecule has 1 aromatic carbocycles. The molecule has 0 bridgehead atoms. The first-order valence-electron chi connectivity index (χ1n) is 10.2. The number of methoxy groups -OCH3 is 1. The molecule has 2 aliphatic heterocycles. The van der Waals surface area contributed by atoms with Crippen molar-refractivity contribution in [3.63, 3.8) is 0 Å². The summed E-state index contributed by atoms with van der Waals surface area (Å²) in [6, 6.07) is 5.51. The average molecular weight is 390 g/mol. The van der Waals surface area contributed by atoms with Crippen molar-refractivity contribution in [2.24, 2.45) is 11.8 Å². The second-order valence-electron chi connectivity index (χ2n) is 8.04. The number of anilines is 1. The summed E-state index contributed by atoms with van der Waals surface area (Å²) in [4.78, 5) is 15.2. The number of carbonyl (C=O) groups excluding carboxylic acids is 1. The van der Waals surface area contributed by atoms with E-state index in [-0.39, 0.29) is 11.8 Å². The lowest BCUT2D eigenvalue weighted by Crippen LogP contribution is -2.41. The average Bonchev–Trinajstić information content (AvgIpc) is 3.43. The van der Waals surface area contributed by atoms with Gasteiger partial charge in [-0.25, -0.2) is 0 Å². The first kappa shape index (κ1) is 19.5. The van der Waals surface area contributed by atoms with Gasteiger partial charge < -0.3 is 29.2 Å². The van der Waals surface area contributed by atoms with E-state index >= 15 is 0 Å². The lowest BCUT2D eigenvalue weighted by Gasteiger charge is -2.28. The molecule has 154 valence electrons. The Balaban J connectivity index is 1.42. The molecule has 2 unspecified atom stereocenters. The van der Waals surface area contributed by atoms with Crippen LogP contribution in [-0.2, 0) is 14.3 Å². The third kappa shape index (κ3) is 3.97. The Labute approximate surface area is 166 Å². The number of benzene rings is 1.